The summed E-state index contributed by atoms with van der Waals surface area (Å²) in [7, 11) is 0. The van der Waals surface area contributed by atoms with Crippen molar-refractivity contribution in [2.45, 2.75) is 151 Å². The van der Waals surface area contributed by atoms with Crippen LogP contribution in [0.4, 0.5) is 0 Å². The van der Waals surface area contributed by atoms with Crippen molar-refractivity contribution < 1.29 is 0 Å². The van der Waals surface area contributed by atoms with E-state index in [0.717, 1.165) is 95.7 Å². The first-order valence-corrected chi connectivity index (χ1v) is 16.8. The molecular formula is C32H52N4. The molecule has 0 spiro atoms. The molecule has 0 aromatic heterocycles. The molecule has 4 heteroatoms. The highest BCUT2D eigenvalue weighted by atomic mass is 15.1. The molecule has 8 bridgehead atoms. The summed E-state index contributed by atoms with van der Waals surface area (Å²) < 4.78 is 0. The van der Waals surface area contributed by atoms with Crippen molar-refractivity contribution in [1.29, 1.82) is 0 Å². The minimum Gasteiger partial charge on any atom is -0.311 e. The normalized spacial score (nSPS) is 61.3. The Hall–Kier alpha value is -0.160. The van der Waals surface area contributed by atoms with Crippen LogP contribution in [0.3, 0.4) is 0 Å². The Morgan fingerprint density at radius 1 is 0.333 bits per heavy atom. The first kappa shape index (κ1) is 22.6. The van der Waals surface area contributed by atoms with Gasteiger partial charge in [-0.2, -0.15) is 0 Å². The minimum atomic E-state index is 0.769. The van der Waals surface area contributed by atoms with Crippen LogP contribution in [-0.4, -0.2) is 48.3 Å². The average molecular weight is 493 g/mol. The van der Waals surface area contributed by atoms with Gasteiger partial charge >= 0.3 is 0 Å². The molecule has 9 aliphatic rings. The largest absolute Gasteiger partial charge is 0.311 e. The summed E-state index contributed by atoms with van der Waals surface area (Å²) in [5, 5.41) is 17.4. The van der Waals surface area contributed by atoms with Crippen LogP contribution in [0.15, 0.2) is 0 Å². The smallest absolute Gasteiger partial charge is 0.0147 e. The van der Waals surface area contributed by atoms with Gasteiger partial charge in [-0.05, 0) is 124 Å². The van der Waals surface area contributed by atoms with E-state index in [2.05, 4.69) is 21.3 Å². The predicted molar refractivity (Wildman–Crippen MR) is 145 cm³/mol. The monoisotopic (exact) mass is 492 g/mol. The van der Waals surface area contributed by atoms with Gasteiger partial charge in [-0.1, -0.05) is 25.7 Å². The van der Waals surface area contributed by atoms with Crippen molar-refractivity contribution in [3.05, 3.63) is 0 Å². The topological polar surface area (TPSA) is 48.1 Å². The Bertz CT molecular complexity index is 780. The quantitative estimate of drug-likeness (QED) is 0.400. The van der Waals surface area contributed by atoms with Gasteiger partial charge in [0.25, 0.3) is 0 Å². The highest BCUT2D eigenvalue weighted by Gasteiger charge is 2.60. The van der Waals surface area contributed by atoms with Crippen LogP contribution in [0.2, 0.25) is 0 Å². The molecule has 9 fully saturated rings. The zero-order valence-corrected chi connectivity index (χ0v) is 22.6. The summed E-state index contributed by atoms with van der Waals surface area (Å²) in [5.41, 5.74) is 0. The molecule has 0 aromatic rings. The Labute approximate surface area is 219 Å². The predicted octanol–water partition coefficient (Wildman–Crippen LogP) is 4.59. The van der Waals surface area contributed by atoms with Gasteiger partial charge in [0.15, 0.2) is 0 Å². The molecule has 5 aliphatic heterocycles. The lowest BCUT2D eigenvalue weighted by Crippen LogP contribution is -2.50. The first-order valence-electron chi connectivity index (χ1n) is 16.8. The molecule has 0 radical (unpaired) electrons. The highest BCUT2D eigenvalue weighted by Crippen LogP contribution is 2.58. The van der Waals surface area contributed by atoms with E-state index in [9.17, 15) is 0 Å². The van der Waals surface area contributed by atoms with E-state index in [1.54, 1.807) is 0 Å². The van der Waals surface area contributed by atoms with E-state index in [-0.39, 0.29) is 0 Å². The summed E-state index contributed by atoms with van der Waals surface area (Å²) in [6, 6.07) is 6.31. The van der Waals surface area contributed by atoms with Crippen LogP contribution in [0.1, 0.15) is 103 Å². The summed E-state index contributed by atoms with van der Waals surface area (Å²) in [6.45, 7) is 0. The van der Waals surface area contributed by atoms with Crippen molar-refractivity contribution in [3.63, 3.8) is 0 Å². The second kappa shape index (κ2) is 8.67. The van der Waals surface area contributed by atoms with E-state index in [0.29, 0.717) is 0 Å². The zero-order chi connectivity index (χ0) is 23.4. The summed E-state index contributed by atoms with van der Waals surface area (Å²) >= 11 is 0. The highest BCUT2D eigenvalue weighted by molar-refractivity contribution is 5.15. The third-order valence-corrected chi connectivity index (χ3v) is 14.2. The van der Waals surface area contributed by atoms with Crippen molar-refractivity contribution >= 4 is 0 Å². The maximum atomic E-state index is 4.39. The van der Waals surface area contributed by atoms with E-state index in [1.807, 2.05) is 0 Å². The molecule has 200 valence electrons. The van der Waals surface area contributed by atoms with Gasteiger partial charge in [0.05, 0.1) is 0 Å². The molecule has 5 heterocycles. The first-order chi connectivity index (χ1) is 17.8. The third kappa shape index (κ3) is 3.38. The molecule has 9 rings (SSSR count). The Morgan fingerprint density at radius 2 is 0.778 bits per heavy atom. The minimum absolute atomic E-state index is 0.769. The fourth-order valence-corrected chi connectivity index (χ4v) is 13.3. The van der Waals surface area contributed by atoms with Gasteiger partial charge in [-0.25, -0.2) is 0 Å². The molecule has 0 amide bonds. The number of fused-ring (bicyclic) bond motifs is 14. The molecule has 0 aromatic carbocycles. The van der Waals surface area contributed by atoms with Crippen molar-refractivity contribution in [2.75, 3.05) is 0 Å². The summed E-state index contributed by atoms with van der Waals surface area (Å²) in [5.74, 6) is 7.88. The molecular weight excluding hydrogens is 440 g/mol. The average Bonchev–Trinajstić information content (AvgIpc) is 3.70. The van der Waals surface area contributed by atoms with E-state index in [1.165, 1.54) is 103 Å². The molecule has 36 heavy (non-hydrogen) atoms. The standard InChI is InChI=1S/C32H52N4/c1-3-7-23-21(5-1)25-15-19-14-20-16-26-22-6-2-4-8-24(22)30(32(26)36-20)28-12-10-18(34-28)13-17-9-11-27(33-17)29(23)31(25)35-19/h17-36H,1-16H2. The Balaban J connectivity index is 1.03. The second-order valence-electron chi connectivity index (χ2n) is 15.5. The molecule has 16 atom stereocenters. The lowest BCUT2D eigenvalue weighted by molar-refractivity contribution is 0.158. The number of hydrogen-bond donors (Lipinski definition) is 4. The molecule has 5 saturated heterocycles. The van der Waals surface area contributed by atoms with Crippen LogP contribution >= 0.6 is 0 Å². The number of hydrogen-bond acceptors (Lipinski definition) is 4. The van der Waals surface area contributed by atoms with Crippen LogP contribution in [0, 0.1) is 47.3 Å². The van der Waals surface area contributed by atoms with Gasteiger partial charge < -0.3 is 21.3 Å². The van der Waals surface area contributed by atoms with Crippen LogP contribution < -0.4 is 21.3 Å². The third-order valence-electron chi connectivity index (χ3n) is 14.2. The van der Waals surface area contributed by atoms with Crippen LogP contribution in [-0.2, 0) is 0 Å². The van der Waals surface area contributed by atoms with Crippen molar-refractivity contribution in [2.24, 2.45) is 47.3 Å². The van der Waals surface area contributed by atoms with E-state index < -0.39 is 0 Å². The Kier molecular flexibility index (Phi) is 5.45. The van der Waals surface area contributed by atoms with Crippen LogP contribution in [0.25, 0.3) is 0 Å². The lowest BCUT2D eigenvalue weighted by Gasteiger charge is -2.37. The summed E-state index contributed by atoms with van der Waals surface area (Å²) in [6.07, 6.45) is 23.7. The van der Waals surface area contributed by atoms with Crippen LogP contribution in [0.5, 0.6) is 0 Å². The van der Waals surface area contributed by atoms with E-state index in [4.69, 9.17) is 0 Å². The second-order valence-corrected chi connectivity index (χ2v) is 15.5. The fourth-order valence-electron chi connectivity index (χ4n) is 13.3. The van der Waals surface area contributed by atoms with Gasteiger partial charge in [0, 0.05) is 48.3 Å². The van der Waals surface area contributed by atoms with Crippen molar-refractivity contribution in [3.8, 4) is 0 Å². The number of nitrogens with one attached hydrogen (secondary N) is 4. The molecule has 4 saturated carbocycles. The van der Waals surface area contributed by atoms with Gasteiger partial charge in [-0.3, -0.25) is 0 Å². The van der Waals surface area contributed by atoms with Gasteiger partial charge in [0.1, 0.15) is 0 Å². The van der Waals surface area contributed by atoms with E-state index >= 15 is 0 Å². The Morgan fingerprint density at radius 3 is 1.28 bits per heavy atom. The SMILES string of the molecule is C1CCC2C(C1)C1CC3CC4CC5C6CCCCC6C(C6CCC(CC7CCC(N7)C2C1N3)N6)C5N4. The van der Waals surface area contributed by atoms with Crippen molar-refractivity contribution in [1.82, 2.24) is 21.3 Å². The maximum Gasteiger partial charge on any atom is 0.0147 e. The zero-order valence-electron chi connectivity index (χ0n) is 22.6. The molecule has 4 nitrogen and oxygen atoms in total. The molecule has 4 N–H and O–H groups in total. The van der Waals surface area contributed by atoms with Gasteiger partial charge in [0.2, 0.25) is 0 Å². The molecule has 16 unspecified atom stereocenters. The molecule has 4 aliphatic carbocycles. The summed E-state index contributed by atoms with van der Waals surface area (Å²) in [4.78, 5) is 0. The lowest BCUT2D eigenvalue weighted by atomic mass is 9.72. The number of rotatable bonds is 0. The maximum absolute atomic E-state index is 4.39. The van der Waals surface area contributed by atoms with Gasteiger partial charge in [-0.15, -0.1) is 0 Å². The fraction of sp³-hybridized carbons (Fsp3) is 1.00.